The van der Waals surface area contributed by atoms with Crippen molar-refractivity contribution in [2.45, 2.75) is 48.6 Å². The van der Waals surface area contributed by atoms with Gasteiger partial charge in [0.15, 0.2) is 0 Å². The van der Waals surface area contributed by atoms with E-state index in [0.717, 1.165) is 12.8 Å². The minimum atomic E-state index is -0.713. The van der Waals surface area contributed by atoms with Crippen molar-refractivity contribution in [1.29, 1.82) is 0 Å². The Morgan fingerprint density at radius 2 is 1.78 bits per heavy atom. The summed E-state index contributed by atoms with van der Waals surface area (Å²) in [4.78, 5) is 43.3. The van der Waals surface area contributed by atoms with Gasteiger partial charge in [-0.3, -0.25) is 14.4 Å². The van der Waals surface area contributed by atoms with Gasteiger partial charge in [0.1, 0.15) is 6.04 Å². The number of carbonyl (C=O) groups is 3. The third-order valence-electron chi connectivity index (χ3n) is 8.03. The molecule has 7 nitrogen and oxygen atoms in total. The number of nitrogens with zero attached hydrogens (tertiary/aromatic N) is 1. The van der Waals surface area contributed by atoms with E-state index in [2.05, 4.69) is 17.6 Å². The first-order valence-electron chi connectivity index (χ1n) is 12.9. The number of aliphatic hydroxyl groups excluding tert-OH is 1. The number of rotatable bonds is 9. The topological polar surface area (TPSA) is 98.7 Å². The molecule has 9 heteroatoms. The fourth-order valence-corrected chi connectivity index (χ4v) is 9.05. The molecule has 3 saturated heterocycles. The lowest BCUT2D eigenvalue weighted by Crippen LogP contribution is -2.54. The Balaban J connectivity index is 1.48. The van der Waals surface area contributed by atoms with Crippen LogP contribution in [0.15, 0.2) is 54.6 Å². The monoisotopic (exact) mass is 541 g/mol. The molecule has 196 valence electrons. The molecule has 3 aliphatic heterocycles. The van der Waals surface area contributed by atoms with Crippen LogP contribution in [0.2, 0.25) is 5.02 Å². The predicted octanol–water partition coefficient (Wildman–Crippen LogP) is 4.42. The first kappa shape index (κ1) is 26.1. The molecule has 6 atom stereocenters. The van der Waals surface area contributed by atoms with Crippen molar-refractivity contribution in [3.63, 3.8) is 0 Å². The molecule has 3 heterocycles. The fourth-order valence-electron chi connectivity index (χ4n) is 6.44. The van der Waals surface area contributed by atoms with E-state index in [9.17, 15) is 19.5 Å². The van der Waals surface area contributed by atoms with Gasteiger partial charge in [-0.25, -0.2) is 0 Å². The number of unbranched alkanes of at least 4 members (excludes halogenated alkanes) is 2. The van der Waals surface area contributed by atoms with Crippen LogP contribution in [-0.4, -0.2) is 56.9 Å². The van der Waals surface area contributed by atoms with E-state index in [4.69, 9.17) is 11.6 Å². The number of amides is 3. The summed E-state index contributed by atoms with van der Waals surface area (Å²) >= 11 is 7.99. The number of carbonyl (C=O) groups excluding carboxylic acids is 3. The lowest BCUT2D eigenvalue weighted by Gasteiger charge is -2.38. The molecule has 5 rings (SSSR count). The molecule has 0 aromatic heterocycles. The van der Waals surface area contributed by atoms with E-state index >= 15 is 0 Å². The van der Waals surface area contributed by atoms with Gasteiger partial charge in [-0.15, -0.1) is 11.8 Å². The minimum absolute atomic E-state index is 0.0279. The van der Waals surface area contributed by atoms with Gasteiger partial charge in [0.05, 0.1) is 27.3 Å². The maximum atomic E-state index is 14.1. The molecular formula is C28H32ClN3O4S. The Labute approximate surface area is 226 Å². The van der Waals surface area contributed by atoms with Gasteiger partial charge in [0.25, 0.3) is 0 Å². The minimum Gasteiger partial charge on any atom is -0.396 e. The molecule has 2 aromatic carbocycles. The van der Waals surface area contributed by atoms with Crippen LogP contribution >= 0.6 is 23.4 Å². The Kier molecular flexibility index (Phi) is 7.52. The summed E-state index contributed by atoms with van der Waals surface area (Å²) in [5.74, 6) is -1.56. The molecule has 37 heavy (non-hydrogen) atoms. The van der Waals surface area contributed by atoms with Crippen LogP contribution in [0, 0.1) is 17.8 Å². The zero-order valence-electron chi connectivity index (χ0n) is 20.7. The first-order valence-corrected chi connectivity index (χ1v) is 14.1. The van der Waals surface area contributed by atoms with Gasteiger partial charge in [-0.2, -0.15) is 0 Å². The molecule has 2 aromatic rings. The SMILES string of the molecule is CC1C[C@@H]2SC13C(C(=O)Nc1ccccc1Cl)N(CCCCCO)C(=O)[C@@H]3[C@@H]2C(=O)Nc1ccccc1. The Morgan fingerprint density at radius 1 is 1.05 bits per heavy atom. The average Bonchev–Trinajstić information content (AvgIpc) is 3.47. The molecule has 3 unspecified atom stereocenters. The molecule has 3 N–H and O–H groups in total. The molecule has 1 spiro atoms. The number of benzene rings is 2. The number of nitrogens with one attached hydrogen (secondary N) is 2. The van der Waals surface area contributed by atoms with Crippen molar-refractivity contribution < 1.29 is 19.5 Å². The Hall–Kier alpha value is -2.55. The lowest BCUT2D eigenvalue weighted by atomic mass is 9.66. The van der Waals surface area contributed by atoms with Crippen molar-refractivity contribution >= 4 is 52.5 Å². The van der Waals surface area contributed by atoms with Gasteiger partial charge >= 0.3 is 0 Å². The highest BCUT2D eigenvalue weighted by Gasteiger charge is 2.75. The molecule has 3 fully saturated rings. The third-order valence-corrected chi connectivity index (χ3v) is 10.4. The number of aliphatic hydroxyl groups is 1. The van der Waals surface area contributed by atoms with Crippen LogP contribution in [0.1, 0.15) is 32.6 Å². The molecule has 0 saturated carbocycles. The highest BCUT2D eigenvalue weighted by molar-refractivity contribution is 8.02. The van der Waals surface area contributed by atoms with E-state index in [1.165, 1.54) is 0 Å². The third kappa shape index (κ3) is 4.53. The van der Waals surface area contributed by atoms with E-state index in [1.807, 2.05) is 30.3 Å². The van der Waals surface area contributed by atoms with Crippen LogP contribution in [0.4, 0.5) is 11.4 Å². The van der Waals surface area contributed by atoms with Gasteiger partial charge in [0, 0.05) is 24.1 Å². The predicted molar refractivity (Wildman–Crippen MR) is 146 cm³/mol. The van der Waals surface area contributed by atoms with E-state index in [0.29, 0.717) is 35.8 Å². The second-order valence-corrected chi connectivity index (χ2v) is 12.1. The fraction of sp³-hybridized carbons (Fsp3) is 0.464. The van der Waals surface area contributed by atoms with E-state index in [-0.39, 0.29) is 35.5 Å². The smallest absolute Gasteiger partial charge is 0.248 e. The summed E-state index contributed by atoms with van der Waals surface area (Å²) in [7, 11) is 0. The van der Waals surface area contributed by atoms with Gasteiger partial charge < -0.3 is 20.6 Å². The molecule has 0 aliphatic carbocycles. The summed E-state index contributed by atoms with van der Waals surface area (Å²) < 4.78 is -0.692. The maximum absolute atomic E-state index is 14.1. The largest absolute Gasteiger partial charge is 0.396 e. The van der Waals surface area contributed by atoms with Crippen LogP contribution in [0.3, 0.4) is 0 Å². The number of para-hydroxylation sites is 2. The number of halogens is 1. The molecule has 2 bridgehead atoms. The summed E-state index contributed by atoms with van der Waals surface area (Å²) in [6.07, 6.45) is 2.84. The Bertz CT molecular complexity index is 1180. The average molecular weight is 542 g/mol. The van der Waals surface area contributed by atoms with Crippen LogP contribution in [-0.2, 0) is 14.4 Å². The van der Waals surface area contributed by atoms with Crippen molar-refractivity contribution in [2.75, 3.05) is 23.8 Å². The summed E-state index contributed by atoms with van der Waals surface area (Å²) in [5.41, 5.74) is 1.20. The Morgan fingerprint density at radius 3 is 2.51 bits per heavy atom. The summed E-state index contributed by atoms with van der Waals surface area (Å²) in [6.45, 7) is 2.60. The first-order chi connectivity index (χ1) is 17.9. The highest BCUT2D eigenvalue weighted by Crippen LogP contribution is 2.68. The van der Waals surface area contributed by atoms with Crippen LogP contribution in [0.5, 0.6) is 0 Å². The second-order valence-electron chi connectivity index (χ2n) is 10.2. The molecular weight excluding hydrogens is 510 g/mol. The summed E-state index contributed by atoms with van der Waals surface area (Å²) in [6, 6.07) is 15.6. The number of fused-ring (bicyclic) bond motifs is 1. The van der Waals surface area contributed by atoms with Crippen LogP contribution in [0.25, 0.3) is 0 Å². The van der Waals surface area contributed by atoms with E-state index in [1.54, 1.807) is 40.9 Å². The highest BCUT2D eigenvalue weighted by atomic mass is 35.5. The number of hydrogen-bond acceptors (Lipinski definition) is 5. The number of anilines is 2. The van der Waals surface area contributed by atoms with Crippen molar-refractivity contribution in [1.82, 2.24) is 4.90 Å². The zero-order chi connectivity index (χ0) is 26.2. The van der Waals surface area contributed by atoms with E-state index < -0.39 is 22.6 Å². The van der Waals surface area contributed by atoms with Gasteiger partial charge in [-0.05, 0) is 55.9 Å². The molecule has 3 aliphatic rings. The second kappa shape index (κ2) is 10.7. The standard InChI is InChI=1S/C28H32ClN3O4S/c1-17-16-21-22(25(34)30-18-10-4-2-5-11-18)23-27(36)32(14-8-3-9-15-33)24(28(17,23)37-21)26(35)31-20-13-7-6-12-19(20)29/h2,4-7,10-13,17,21-24,33H,3,8-9,14-16H2,1H3,(H,30,34)(H,31,35)/t17?,21-,22+,23-,24?,28?/m0/s1. The number of likely N-dealkylation sites (tertiary alicyclic amines) is 1. The molecule has 3 amide bonds. The number of hydrogen-bond donors (Lipinski definition) is 3. The van der Waals surface area contributed by atoms with Crippen LogP contribution < -0.4 is 10.6 Å². The number of thioether (sulfide) groups is 1. The quantitative estimate of drug-likeness (QED) is 0.408. The summed E-state index contributed by atoms with van der Waals surface area (Å²) in [5, 5.41) is 15.6. The maximum Gasteiger partial charge on any atom is 0.248 e. The normalized spacial score (nSPS) is 29.9. The van der Waals surface area contributed by atoms with Crippen molar-refractivity contribution in [3.8, 4) is 0 Å². The molecule has 0 radical (unpaired) electrons. The van der Waals surface area contributed by atoms with Gasteiger partial charge in [-0.1, -0.05) is 48.9 Å². The zero-order valence-corrected chi connectivity index (χ0v) is 22.3. The van der Waals surface area contributed by atoms with Crippen molar-refractivity contribution in [3.05, 3.63) is 59.6 Å². The van der Waals surface area contributed by atoms with Crippen molar-refractivity contribution in [2.24, 2.45) is 17.8 Å². The lowest BCUT2D eigenvalue weighted by molar-refractivity contribution is -0.138. The van der Waals surface area contributed by atoms with Gasteiger partial charge in [0.2, 0.25) is 17.7 Å².